The van der Waals surface area contributed by atoms with Gasteiger partial charge in [0, 0.05) is 20.1 Å². The number of allylic oxidation sites excluding steroid dienone is 2. The highest BCUT2D eigenvalue weighted by molar-refractivity contribution is 5.89. The molecule has 5 unspecified atom stereocenters. The van der Waals surface area contributed by atoms with Gasteiger partial charge in [-0.25, -0.2) is 4.79 Å². The molecule has 2 bridgehead atoms. The van der Waals surface area contributed by atoms with Crippen LogP contribution in [0.25, 0.3) is 0 Å². The van der Waals surface area contributed by atoms with Crippen molar-refractivity contribution in [1.29, 1.82) is 0 Å². The Kier molecular flexibility index (Phi) is 13.5. The van der Waals surface area contributed by atoms with E-state index in [9.17, 15) is 49.4 Å². The number of hydrogen-bond acceptors (Lipinski definition) is 7. The van der Waals surface area contributed by atoms with Gasteiger partial charge in [0.25, 0.3) is 5.60 Å². The largest absolute Gasteiger partial charge is 0.459 e. The van der Waals surface area contributed by atoms with Gasteiger partial charge in [-0.05, 0) is 89.9 Å². The topological polar surface area (TPSA) is 83.5 Å². The number of rotatable bonds is 12. The third-order valence-electron chi connectivity index (χ3n) is 9.06. The molecule has 3 rings (SSSR count). The molecule has 0 aromatic rings. The van der Waals surface area contributed by atoms with Crippen molar-refractivity contribution < 1.29 is 73.1 Å². The molecule has 0 aromatic carbocycles. The third-order valence-corrected chi connectivity index (χ3v) is 9.06. The van der Waals surface area contributed by atoms with Gasteiger partial charge in [0.2, 0.25) is 0 Å². The minimum atomic E-state index is -6.02. The first-order valence-corrected chi connectivity index (χ1v) is 15.1. The van der Waals surface area contributed by atoms with Crippen molar-refractivity contribution in [2.45, 2.75) is 108 Å². The summed E-state index contributed by atoms with van der Waals surface area (Å²) in [5, 5.41) is 9.68. The molecule has 3 aliphatic carbocycles. The molecular weight excluding hydrogens is 655 g/mol. The summed E-state index contributed by atoms with van der Waals surface area (Å²) in [7, 11) is 2.04. The van der Waals surface area contributed by atoms with E-state index in [-0.39, 0.29) is 13.2 Å². The normalized spacial score (nSPS) is 27.0. The van der Waals surface area contributed by atoms with Gasteiger partial charge in [0.05, 0.1) is 11.2 Å². The van der Waals surface area contributed by atoms with Crippen LogP contribution in [0.4, 0.5) is 39.5 Å². The number of fused-ring (bicyclic) bond motifs is 2. The third kappa shape index (κ3) is 10.6. The number of halogens is 9. The lowest BCUT2D eigenvalue weighted by molar-refractivity contribution is -0.413. The number of hydrogen-bond donors (Lipinski definition) is 1. The molecule has 0 heterocycles. The number of carbonyl (C=O) groups excluding carboxylic acids is 1. The van der Waals surface area contributed by atoms with Gasteiger partial charge >= 0.3 is 24.5 Å². The van der Waals surface area contributed by atoms with Crippen LogP contribution in [0.15, 0.2) is 24.3 Å². The molecule has 2 fully saturated rings. The lowest BCUT2D eigenvalue weighted by atomic mass is 9.66. The number of carbonyl (C=O) groups is 1. The summed E-state index contributed by atoms with van der Waals surface area (Å²) >= 11 is 0. The van der Waals surface area contributed by atoms with E-state index in [1.54, 1.807) is 0 Å². The first-order chi connectivity index (χ1) is 21.3. The van der Waals surface area contributed by atoms with Gasteiger partial charge in [0.1, 0.15) is 25.3 Å². The van der Waals surface area contributed by atoms with Crippen molar-refractivity contribution >= 4 is 5.97 Å². The fourth-order valence-electron chi connectivity index (χ4n) is 6.76. The van der Waals surface area contributed by atoms with Crippen molar-refractivity contribution in [1.82, 2.24) is 0 Å². The van der Waals surface area contributed by atoms with Gasteiger partial charge in [-0.15, -0.1) is 0 Å². The Bertz CT molecular complexity index is 1060. The summed E-state index contributed by atoms with van der Waals surface area (Å²) in [6.07, 6.45) is -13.0. The SMILES string of the molecule is C=C(C(=O)OC1CC(C(C)(C)OCOC)CC(C(OCOC)(C(F)(F)F)C(F)(F)F)C1)C(F)(F)F.CC(C)(O)C[C@H]1CC2C=CC1C2. The second-order valence-corrected chi connectivity index (χ2v) is 13.6. The molecule has 1 N–H and O–H groups in total. The van der Waals surface area contributed by atoms with E-state index in [0.29, 0.717) is 0 Å². The van der Waals surface area contributed by atoms with Crippen LogP contribution < -0.4 is 0 Å². The van der Waals surface area contributed by atoms with E-state index in [1.165, 1.54) is 33.8 Å². The molecule has 0 saturated heterocycles. The molecule has 0 aromatic heterocycles. The number of esters is 1. The highest BCUT2D eigenvalue weighted by Crippen LogP contribution is 2.56. The van der Waals surface area contributed by atoms with E-state index < -0.39 is 84.4 Å². The molecule has 0 radical (unpaired) electrons. The summed E-state index contributed by atoms with van der Waals surface area (Å²) in [4.78, 5) is 11.9. The van der Waals surface area contributed by atoms with Crippen LogP contribution in [0.1, 0.15) is 66.2 Å². The fourth-order valence-corrected chi connectivity index (χ4v) is 6.76. The van der Waals surface area contributed by atoms with Crippen molar-refractivity contribution in [3.05, 3.63) is 24.3 Å². The second-order valence-electron chi connectivity index (χ2n) is 13.6. The Morgan fingerprint density at radius 1 is 0.787 bits per heavy atom. The van der Waals surface area contributed by atoms with Gasteiger partial charge in [0.15, 0.2) is 0 Å². The van der Waals surface area contributed by atoms with Crippen LogP contribution in [-0.2, 0) is 28.5 Å². The molecule has 47 heavy (non-hydrogen) atoms. The monoisotopic (exact) mass is 700 g/mol. The molecule has 7 nitrogen and oxygen atoms in total. The molecule has 0 spiro atoms. The van der Waals surface area contributed by atoms with Crippen molar-refractivity contribution in [3.8, 4) is 0 Å². The molecule has 2 saturated carbocycles. The van der Waals surface area contributed by atoms with E-state index in [4.69, 9.17) is 14.2 Å². The number of aliphatic hydroxyl groups is 1. The average molecular weight is 701 g/mol. The Balaban J connectivity index is 0.000000526. The lowest BCUT2D eigenvalue weighted by Gasteiger charge is -2.49. The first-order valence-electron chi connectivity index (χ1n) is 15.1. The predicted octanol–water partition coefficient (Wildman–Crippen LogP) is 7.68. The minimum Gasteiger partial charge on any atom is -0.459 e. The quantitative estimate of drug-likeness (QED) is 0.0736. The summed E-state index contributed by atoms with van der Waals surface area (Å²) in [5.41, 5.74) is -8.62. The zero-order chi connectivity index (χ0) is 36.2. The van der Waals surface area contributed by atoms with Crippen LogP contribution in [0.3, 0.4) is 0 Å². The molecular formula is C31H45F9O7. The maximum absolute atomic E-state index is 14.1. The van der Waals surface area contributed by atoms with Crippen LogP contribution >= 0.6 is 0 Å². The smallest absolute Gasteiger partial charge is 0.426 e. The summed E-state index contributed by atoms with van der Waals surface area (Å²) < 4.78 is 146. The summed E-state index contributed by atoms with van der Waals surface area (Å²) in [6, 6.07) is 0. The van der Waals surface area contributed by atoms with Gasteiger partial charge in [-0.2, -0.15) is 39.5 Å². The lowest BCUT2D eigenvalue weighted by Crippen LogP contribution is -2.65. The highest BCUT2D eigenvalue weighted by atomic mass is 19.4. The second kappa shape index (κ2) is 15.3. The Hall–Kier alpha value is -1.88. The van der Waals surface area contributed by atoms with E-state index in [2.05, 4.69) is 28.2 Å². The Morgan fingerprint density at radius 3 is 1.74 bits per heavy atom. The minimum absolute atomic E-state index is 0.382. The molecule has 0 aliphatic heterocycles. The summed E-state index contributed by atoms with van der Waals surface area (Å²) in [6.45, 7) is 7.32. The van der Waals surface area contributed by atoms with Gasteiger partial charge in [-0.1, -0.05) is 18.7 Å². The number of alkyl halides is 9. The summed E-state index contributed by atoms with van der Waals surface area (Å²) in [5.74, 6) is -3.23. The van der Waals surface area contributed by atoms with Crippen molar-refractivity contribution in [2.24, 2.45) is 29.6 Å². The fraction of sp³-hybridized carbons (Fsp3) is 0.839. The Morgan fingerprint density at radius 2 is 1.32 bits per heavy atom. The predicted molar refractivity (Wildman–Crippen MR) is 151 cm³/mol. The standard InChI is InChI=1S/C20H27F9O6.C11H18O/c1-11(18(21,22)23)15(30)35-14-7-12(16(2,3)33-9-31-4)6-13(8-14)17(19(24,25)26,20(27,28)29)34-10-32-5;1-11(2,12)7-10-6-8-3-4-9(10)5-8/h12-14H,1,6-10H2,2-5H3;3-4,8-10,12H,5-7H2,1-2H3/t;8?,9?,10-/m.1/s1. The van der Waals surface area contributed by atoms with Gasteiger partial charge in [-0.3, -0.25) is 0 Å². The molecule has 16 heteroatoms. The first kappa shape index (κ1) is 41.3. The maximum Gasteiger partial charge on any atom is 0.426 e. The van der Waals surface area contributed by atoms with Crippen LogP contribution in [0.2, 0.25) is 0 Å². The zero-order valence-corrected chi connectivity index (χ0v) is 27.3. The maximum atomic E-state index is 14.1. The van der Waals surface area contributed by atoms with E-state index >= 15 is 0 Å². The zero-order valence-electron chi connectivity index (χ0n) is 27.3. The van der Waals surface area contributed by atoms with Crippen molar-refractivity contribution in [2.75, 3.05) is 27.8 Å². The van der Waals surface area contributed by atoms with Gasteiger partial charge < -0.3 is 28.8 Å². The molecule has 0 amide bonds. The van der Waals surface area contributed by atoms with Crippen LogP contribution in [0.5, 0.6) is 0 Å². The van der Waals surface area contributed by atoms with E-state index in [0.717, 1.165) is 31.3 Å². The van der Waals surface area contributed by atoms with Crippen LogP contribution in [0, 0.1) is 29.6 Å². The highest BCUT2D eigenvalue weighted by Gasteiger charge is 2.76. The molecule has 274 valence electrons. The van der Waals surface area contributed by atoms with Crippen LogP contribution in [-0.4, -0.2) is 80.3 Å². The van der Waals surface area contributed by atoms with Crippen molar-refractivity contribution in [3.63, 3.8) is 0 Å². The van der Waals surface area contributed by atoms with E-state index in [1.807, 2.05) is 13.8 Å². The number of methoxy groups -OCH3 is 2. The molecule has 3 aliphatic rings. The molecule has 6 atom stereocenters. The number of ether oxygens (including phenoxy) is 5. The average Bonchev–Trinajstić information content (AvgIpc) is 3.52. The Labute approximate surface area is 268 Å².